The molecule has 0 unspecified atom stereocenters. The number of anilines is 1. The minimum Gasteiger partial charge on any atom is -0.383 e. The fraction of sp³-hybridized carbons (Fsp3) is 0.333. The monoisotopic (exact) mass is 402 g/mol. The Labute approximate surface area is 170 Å². The Morgan fingerprint density at radius 1 is 1.28 bits per heavy atom. The van der Waals surface area contributed by atoms with Crippen molar-refractivity contribution >= 4 is 17.6 Å². The van der Waals surface area contributed by atoms with Gasteiger partial charge in [-0.15, -0.1) is 6.58 Å². The molecular weight excluding hydrogens is 375 g/mol. The van der Waals surface area contributed by atoms with Gasteiger partial charge in [0.05, 0.1) is 13.2 Å². The van der Waals surface area contributed by atoms with Crippen molar-refractivity contribution in [3.05, 3.63) is 66.8 Å². The molecule has 0 bridgehead atoms. The molecule has 156 valence electrons. The molecule has 0 spiro atoms. The van der Waals surface area contributed by atoms with Crippen molar-refractivity contribution < 1.29 is 18.7 Å². The third-order valence-corrected chi connectivity index (χ3v) is 4.36. The van der Waals surface area contributed by atoms with Gasteiger partial charge in [0, 0.05) is 44.8 Å². The van der Waals surface area contributed by atoms with E-state index >= 15 is 0 Å². The van der Waals surface area contributed by atoms with Crippen LogP contribution in [0.5, 0.6) is 0 Å². The summed E-state index contributed by atoms with van der Waals surface area (Å²) >= 11 is 0. The van der Waals surface area contributed by atoms with Gasteiger partial charge in [0.25, 0.3) is 0 Å². The van der Waals surface area contributed by atoms with Gasteiger partial charge < -0.3 is 24.4 Å². The molecule has 3 amide bonds. The van der Waals surface area contributed by atoms with E-state index in [1.54, 1.807) is 18.1 Å². The van der Waals surface area contributed by atoms with Gasteiger partial charge in [0.15, 0.2) is 0 Å². The summed E-state index contributed by atoms with van der Waals surface area (Å²) in [6.45, 7) is 4.87. The third kappa shape index (κ3) is 6.76. The molecule has 2 aromatic rings. The number of benzene rings is 1. The minimum atomic E-state index is -0.505. The lowest BCUT2D eigenvalue weighted by atomic mass is 10.3. The Morgan fingerprint density at radius 2 is 2.07 bits per heavy atom. The van der Waals surface area contributed by atoms with Gasteiger partial charge in [-0.25, -0.2) is 9.18 Å². The maximum absolute atomic E-state index is 13.4. The Balaban J connectivity index is 2.08. The lowest BCUT2D eigenvalue weighted by molar-refractivity contribution is -0.133. The minimum absolute atomic E-state index is 0.138. The number of carbonyl (C=O) groups is 2. The molecule has 0 radical (unpaired) electrons. The number of carbonyl (C=O) groups excluding carboxylic acids is 2. The van der Waals surface area contributed by atoms with Gasteiger partial charge in [-0.3, -0.25) is 4.79 Å². The van der Waals surface area contributed by atoms with Crippen LogP contribution in [0.2, 0.25) is 0 Å². The highest BCUT2D eigenvalue weighted by Gasteiger charge is 2.21. The SMILES string of the molecule is C=CCN(CC(=O)N(CCOC)Cc1cccn1C)C(=O)Nc1cccc(F)c1. The van der Waals surface area contributed by atoms with Crippen LogP contribution in [-0.2, 0) is 23.1 Å². The fourth-order valence-electron chi connectivity index (χ4n) is 2.76. The number of hydrogen-bond donors (Lipinski definition) is 1. The molecule has 7 nitrogen and oxygen atoms in total. The van der Waals surface area contributed by atoms with E-state index in [-0.39, 0.29) is 19.0 Å². The molecule has 0 aliphatic heterocycles. The van der Waals surface area contributed by atoms with Crippen LogP contribution >= 0.6 is 0 Å². The summed E-state index contributed by atoms with van der Waals surface area (Å²) < 4.78 is 20.4. The van der Waals surface area contributed by atoms with E-state index in [1.807, 2.05) is 29.9 Å². The summed E-state index contributed by atoms with van der Waals surface area (Å²) in [5.41, 5.74) is 1.28. The topological polar surface area (TPSA) is 66.8 Å². The first kappa shape index (κ1) is 22.2. The van der Waals surface area contributed by atoms with Crippen molar-refractivity contribution in [3.63, 3.8) is 0 Å². The molecule has 0 saturated carbocycles. The predicted octanol–water partition coefficient (Wildman–Crippen LogP) is 2.86. The number of halogens is 1. The molecule has 1 heterocycles. The number of aromatic nitrogens is 1. The zero-order valence-corrected chi connectivity index (χ0v) is 16.8. The maximum atomic E-state index is 13.4. The number of hydrogen-bond acceptors (Lipinski definition) is 3. The van der Waals surface area contributed by atoms with E-state index in [1.165, 1.54) is 29.2 Å². The van der Waals surface area contributed by atoms with E-state index in [4.69, 9.17) is 4.74 Å². The highest BCUT2D eigenvalue weighted by molar-refractivity contribution is 5.92. The Hall–Kier alpha value is -3.13. The number of ether oxygens (including phenoxy) is 1. The van der Waals surface area contributed by atoms with Crippen molar-refractivity contribution in [2.45, 2.75) is 6.54 Å². The normalized spacial score (nSPS) is 10.4. The fourth-order valence-corrected chi connectivity index (χ4v) is 2.76. The maximum Gasteiger partial charge on any atom is 0.322 e. The second kappa shape index (κ2) is 11.0. The van der Waals surface area contributed by atoms with Gasteiger partial charge >= 0.3 is 6.03 Å². The molecule has 0 aliphatic carbocycles. The molecule has 2 rings (SSSR count). The number of rotatable bonds is 10. The van der Waals surface area contributed by atoms with Crippen LogP contribution in [0.3, 0.4) is 0 Å². The molecule has 0 fully saturated rings. The Morgan fingerprint density at radius 3 is 2.69 bits per heavy atom. The van der Waals surface area contributed by atoms with Gasteiger partial charge in [-0.1, -0.05) is 12.1 Å². The highest BCUT2D eigenvalue weighted by Crippen LogP contribution is 2.11. The number of nitrogens with one attached hydrogen (secondary N) is 1. The molecule has 29 heavy (non-hydrogen) atoms. The summed E-state index contributed by atoms with van der Waals surface area (Å²) in [6.07, 6.45) is 3.44. The van der Waals surface area contributed by atoms with E-state index in [0.717, 1.165) is 5.69 Å². The molecule has 0 saturated heterocycles. The van der Waals surface area contributed by atoms with Crippen molar-refractivity contribution in [3.8, 4) is 0 Å². The highest BCUT2D eigenvalue weighted by atomic mass is 19.1. The van der Waals surface area contributed by atoms with E-state index in [0.29, 0.717) is 25.4 Å². The first-order chi connectivity index (χ1) is 13.9. The zero-order valence-electron chi connectivity index (χ0n) is 16.8. The molecule has 1 N–H and O–H groups in total. The van der Waals surface area contributed by atoms with Crippen LogP contribution in [0.15, 0.2) is 55.3 Å². The van der Waals surface area contributed by atoms with E-state index in [2.05, 4.69) is 11.9 Å². The van der Waals surface area contributed by atoms with Crippen molar-refractivity contribution in [1.29, 1.82) is 0 Å². The predicted molar refractivity (Wildman–Crippen MR) is 110 cm³/mol. The van der Waals surface area contributed by atoms with Crippen LogP contribution in [0.4, 0.5) is 14.9 Å². The lowest BCUT2D eigenvalue weighted by Crippen LogP contribution is -2.45. The Kier molecular flexibility index (Phi) is 8.42. The number of nitrogens with zero attached hydrogens (tertiary/aromatic N) is 3. The van der Waals surface area contributed by atoms with Crippen LogP contribution in [-0.4, -0.2) is 59.7 Å². The van der Waals surface area contributed by atoms with Gasteiger partial charge in [0.1, 0.15) is 12.4 Å². The summed E-state index contributed by atoms with van der Waals surface area (Å²) in [5, 5.41) is 2.61. The quantitative estimate of drug-likeness (QED) is 0.622. The Bertz CT molecular complexity index is 837. The number of methoxy groups -OCH3 is 1. The van der Waals surface area contributed by atoms with Gasteiger partial charge in [-0.05, 0) is 30.3 Å². The molecule has 8 heteroatoms. The average molecular weight is 402 g/mol. The number of urea groups is 1. The number of aryl methyl sites for hydroxylation is 1. The largest absolute Gasteiger partial charge is 0.383 e. The van der Waals surface area contributed by atoms with Crippen molar-refractivity contribution in [2.24, 2.45) is 7.05 Å². The van der Waals surface area contributed by atoms with E-state index in [9.17, 15) is 14.0 Å². The smallest absolute Gasteiger partial charge is 0.322 e. The molecule has 1 aromatic carbocycles. The third-order valence-electron chi connectivity index (χ3n) is 4.36. The second-order valence-electron chi connectivity index (χ2n) is 6.53. The molecule has 0 aliphatic rings. The average Bonchev–Trinajstić information content (AvgIpc) is 3.09. The molecule has 1 aromatic heterocycles. The standard InChI is InChI=1S/C21H27FN4O3/c1-4-10-26(21(28)23-18-8-5-7-17(22)14-18)16-20(27)25(12-13-29-3)15-19-9-6-11-24(19)2/h4-9,11,14H,1,10,12-13,15-16H2,2-3H3,(H,23,28). The van der Waals surface area contributed by atoms with Gasteiger partial charge in [0.2, 0.25) is 5.91 Å². The molecular formula is C21H27FN4O3. The van der Waals surface area contributed by atoms with Crippen LogP contribution in [0, 0.1) is 5.82 Å². The first-order valence-electron chi connectivity index (χ1n) is 9.24. The van der Waals surface area contributed by atoms with Crippen molar-refractivity contribution in [1.82, 2.24) is 14.4 Å². The summed E-state index contributed by atoms with van der Waals surface area (Å²) in [6, 6.07) is 8.92. The van der Waals surface area contributed by atoms with E-state index < -0.39 is 11.8 Å². The first-order valence-corrected chi connectivity index (χ1v) is 9.24. The van der Waals surface area contributed by atoms with Gasteiger partial charge in [-0.2, -0.15) is 0 Å². The van der Waals surface area contributed by atoms with Crippen LogP contribution in [0.25, 0.3) is 0 Å². The zero-order chi connectivity index (χ0) is 21.2. The lowest BCUT2D eigenvalue weighted by Gasteiger charge is -2.27. The summed E-state index contributed by atoms with van der Waals surface area (Å²) in [7, 11) is 3.48. The number of amides is 3. The van der Waals surface area contributed by atoms with Crippen LogP contribution in [0.1, 0.15) is 5.69 Å². The van der Waals surface area contributed by atoms with Crippen LogP contribution < -0.4 is 5.32 Å². The second-order valence-corrected chi connectivity index (χ2v) is 6.53. The summed E-state index contributed by atoms with van der Waals surface area (Å²) in [5.74, 6) is -0.679. The summed E-state index contributed by atoms with van der Waals surface area (Å²) in [4.78, 5) is 28.5. The molecule has 0 atom stereocenters. The van der Waals surface area contributed by atoms with Crippen molar-refractivity contribution in [2.75, 3.05) is 38.7 Å².